The van der Waals surface area contributed by atoms with Crippen LogP contribution in [0.2, 0.25) is 0 Å². The first kappa shape index (κ1) is 14.8. The maximum absolute atomic E-state index is 12.8. The van der Waals surface area contributed by atoms with Crippen molar-refractivity contribution in [1.29, 1.82) is 0 Å². The molecule has 0 spiro atoms. The standard InChI is InChI=1S/C15H22N2O3S/c16-15-4-2-1-3-13(15)11-21(18,19)17(14-5-6-14)9-12-7-8-20-10-12/h1-4,12,14H,5-11,16H2. The summed E-state index contributed by atoms with van der Waals surface area (Å²) in [5, 5.41) is 0. The van der Waals surface area contributed by atoms with Crippen molar-refractivity contribution in [2.45, 2.75) is 31.1 Å². The van der Waals surface area contributed by atoms with Gasteiger partial charge in [0.25, 0.3) is 0 Å². The van der Waals surface area contributed by atoms with Crippen molar-refractivity contribution in [3.05, 3.63) is 29.8 Å². The van der Waals surface area contributed by atoms with E-state index in [1.165, 1.54) is 0 Å². The van der Waals surface area contributed by atoms with Gasteiger partial charge < -0.3 is 10.5 Å². The molecule has 116 valence electrons. The number of hydrogen-bond donors (Lipinski definition) is 1. The largest absolute Gasteiger partial charge is 0.398 e. The third-order valence-electron chi connectivity index (χ3n) is 4.17. The van der Waals surface area contributed by atoms with Crippen LogP contribution >= 0.6 is 0 Å². The molecule has 1 atom stereocenters. The molecule has 1 unspecified atom stereocenters. The predicted molar refractivity (Wildman–Crippen MR) is 82.1 cm³/mol. The Morgan fingerprint density at radius 1 is 1.24 bits per heavy atom. The highest BCUT2D eigenvalue weighted by Crippen LogP contribution is 2.32. The van der Waals surface area contributed by atoms with Gasteiger partial charge in [-0.3, -0.25) is 0 Å². The van der Waals surface area contributed by atoms with Crippen molar-refractivity contribution in [2.24, 2.45) is 5.92 Å². The second-order valence-electron chi connectivity index (χ2n) is 5.99. The van der Waals surface area contributed by atoms with Gasteiger partial charge in [-0.05, 0) is 36.8 Å². The van der Waals surface area contributed by atoms with Crippen molar-refractivity contribution in [3.8, 4) is 0 Å². The molecule has 2 aliphatic rings. The number of rotatable bonds is 6. The second-order valence-corrected chi connectivity index (χ2v) is 7.91. The fourth-order valence-electron chi connectivity index (χ4n) is 2.78. The molecule has 1 aliphatic carbocycles. The Morgan fingerprint density at radius 2 is 2.00 bits per heavy atom. The van der Waals surface area contributed by atoms with E-state index in [9.17, 15) is 8.42 Å². The first-order valence-electron chi connectivity index (χ1n) is 7.47. The zero-order chi connectivity index (χ0) is 14.9. The van der Waals surface area contributed by atoms with Gasteiger partial charge in [0, 0.05) is 24.9 Å². The lowest BCUT2D eigenvalue weighted by atomic mass is 10.1. The summed E-state index contributed by atoms with van der Waals surface area (Å²) in [7, 11) is -3.32. The van der Waals surface area contributed by atoms with E-state index in [2.05, 4.69) is 0 Å². The van der Waals surface area contributed by atoms with E-state index in [1.807, 2.05) is 12.1 Å². The topological polar surface area (TPSA) is 72.6 Å². The Kier molecular flexibility index (Phi) is 4.19. The molecule has 0 bridgehead atoms. The van der Waals surface area contributed by atoms with Crippen LogP contribution in [-0.2, 0) is 20.5 Å². The minimum Gasteiger partial charge on any atom is -0.398 e. The van der Waals surface area contributed by atoms with E-state index in [0.29, 0.717) is 30.3 Å². The molecule has 1 saturated carbocycles. The molecule has 1 saturated heterocycles. The molecule has 2 fully saturated rings. The quantitative estimate of drug-likeness (QED) is 0.810. The van der Waals surface area contributed by atoms with Crippen LogP contribution in [0.5, 0.6) is 0 Å². The van der Waals surface area contributed by atoms with E-state index in [4.69, 9.17) is 10.5 Å². The van der Waals surface area contributed by atoms with Crippen molar-refractivity contribution in [3.63, 3.8) is 0 Å². The highest BCUT2D eigenvalue weighted by atomic mass is 32.2. The number of sulfonamides is 1. The van der Waals surface area contributed by atoms with Gasteiger partial charge in [0.05, 0.1) is 12.4 Å². The van der Waals surface area contributed by atoms with Gasteiger partial charge in [0.15, 0.2) is 0 Å². The molecule has 0 aromatic heterocycles. The van der Waals surface area contributed by atoms with E-state index in [1.54, 1.807) is 16.4 Å². The predicted octanol–water partition coefficient (Wildman–Crippen LogP) is 1.60. The van der Waals surface area contributed by atoms with Gasteiger partial charge in [0.2, 0.25) is 10.0 Å². The highest BCUT2D eigenvalue weighted by Gasteiger charge is 2.39. The minimum atomic E-state index is -3.32. The molecule has 0 radical (unpaired) electrons. The summed E-state index contributed by atoms with van der Waals surface area (Å²) in [5.41, 5.74) is 7.11. The Morgan fingerprint density at radius 3 is 2.62 bits per heavy atom. The maximum atomic E-state index is 12.8. The van der Waals surface area contributed by atoms with Crippen LogP contribution < -0.4 is 5.73 Å². The molecule has 6 heteroatoms. The minimum absolute atomic E-state index is 0.0102. The molecule has 3 rings (SSSR count). The van der Waals surface area contributed by atoms with E-state index in [-0.39, 0.29) is 11.8 Å². The van der Waals surface area contributed by atoms with Gasteiger partial charge in [-0.25, -0.2) is 8.42 Å². The van der Waals surface area contributed by atoms with Crippen LogP contribution in [0.3, 0.4) is 0 Å². The molecule has 1 aromatic rings. The number of para-hydroxylation sites is 1. The number of ether oxygens (including phenoxy) is 1. The Bertz CT molecular complexity index is 593. The average Bonchev–Trinajstić information content (AvgIpc) is 3.14. The second kappa shape index (κ2) is 5.94. The zero-order valence-electron chi connectivity index (χ0n) is 12.1. The third kappa shape index (κ3) is 3.56. The van der Waals surface area contributed by atoms with Crippen molar-refractivity contribution >= 4 is 15.7 Å². The summed E-state index contributed by atoms with van der Waals surface area (Å²) in [6, 6.07) is 7.36. The molecule has 2 N–H and O–H groups in total. The summed E-state index contributed by atoms with van der Waals surface area (Å²) in [6.07, 6.45) is 2.89. The third-order valence-corrected chi connectivity index (χ3v) is 6.00. The van der Waals surface area contributed by atoms with Gasteiger partial charge in [-0.1, -0.05) is 18.2 Å². The van der Waals surface area contributed by atoms with Crippen molar-refractivity contribution in [2.75, 3.05) is 25.5 Å². The Balaban J connectivity index is 1.75. The molecule has 5 nitrogen and oxygen atoms in total. The lowest BCUT2D eigenvalue weighted by Crippen LogP contribution is -2.38. The number of nitrogens with two attached hydrogens (primary N) is 1. The van der Waals surface area contributed by atoms with Crippen molar-refractivity contribution < 1.29 is 13.2 Å². The molecular formula is C15H22N2O3S. The Labute approximate surface area is 126 Å². The number of nitrogen functional groups attached to an aromatic ring is 1. The lowest BCUT2D eigenvalue weighted by Gasteiger charge is -2.24. The number of anilines is 1. The monoisotopic (exact) mass is 310 g/mol. The van der Waals surface area contributed by atoms with Gasteiger partial charge in [-0.2, -0.15) is 4.31 Å². The van der Waals surface area contributed by atoms with Crippen LogP contribution in [0, 0.1) is 5.92 Å². The maximum Gasteiger partial charge on any atom is 0.218 e. The van der Waals surface area contributed by atoms with Crippen LogP contribution in [-0.4, -0.2) is 38.5 Å². The van der Waals surface area contributed by atoms with Crippen LogP contribution in [0.4, 0.5) is 5.69 Å². The zero-order valence-corrected chi connectivity index (χ0v) is 12.9. The van der Waals surface area contributed by atoms with Crippen molar-refractivity contribution in [1.82, 2.24) is 4.31 Å². The van der Waals surface area contributed by atoms with Gasteiger partial charge >= 0.3 is 0 Å². The summed E-state index contributed by atoms with van der Waals surface area (Å²) in [5.74, 6) is 0.317. The smallest absolute Gasteiger partial charge is 0.218 e. The van der Waals surface area contributed by atoms with E-state index in [0.717, 1.165) is 25.9 Å². The van der Waals surface area contributed by atoms with Crippen LogP contribution in [0.1, 0.15) is 24.8 Å². The van der Waals surface area contributed by atoms with Gasteiger partial charge in [0.1, 0.15) is 0 Å². The molecule has 21 heavy (non-hydrogen) atoms. The molecule has 1 aliphatic heterocycles. The number of benzene rings is 1. The van der Waals surface area contributed by atoms with Crippen LogP contribution in [0.15, 0.2) is 24.3 Å². The number of hydrogen-bond acceptors (Lipinski definition) is 4. The first-order valence-corrected chi connectivity index (χ1v) is 9.08. The fraction of sp³-hybridized carbons (Fsp3) is 0.600. The summed E-state index contributed by atoms with van der Waals surface area (Å²) in [4.78, 5) is 0. The number of nitrogens with zero attached hydrogens (tertiary/aromatic N) is 1. The summed E-state index contributed by atoms with van der Waals surface area (Å²) < 4.78 is 32.6. The summed E-state index contributed by atoms with van der Waals surface area (Å²) >= 11 is 0. The van der Waals surface area contributed by atoms with Crippen LogP contribution in [0.25, 0.3) is 0 Å². The lowest BCUT2D eigenvalue weighted by molar-refractivity contribution is 0.180. The van der Waals surface area contributed by atoms with E-state index >= 15 is 0 Å². The highest BCUT2D eigenvalue weighted by molar-refractivity contribution is 7.88. The Hall–Kier alpha value is -1.11. The first-order chi connectivity index (χ1) is 10.1. The molecule has 1 aromatic carbocycles. The van der Waals surface area contributed by atoms with E-state index < -0.39 is 10.0 Å². The summed E-state index contributed by atoms with van der Waals surface area (Å²) in [6.45, 7) is 2.00. The average molecular weight is 310 g/mol. The SMILES string of the molecule is Nc1ccccc1CS(=O)(=O)N(CC1CCOC1)C1CC1. The molecule has 1 heterocycles. The van der Waals surface area contributed by atoms with Gasteiger partial charge in [-0.15, -0.1) is 0 Å². The normalized spacial score (nSPS) is 22.8. The fourth-order valence-corrected chi connectivity index (χ4v) is 4.70. The molecule has 0 amide bonds. The molecular weight excluding hydrogens is 288 g/mol.